The largest absolute Gasteiger partial charge is 0.396 e. The van der Waals surface area contributed by atoms with Gasteiger partial charge in [0.15, 0.2) is 0 Å². The van der Waals surface area contributed by atoms with E-state index in [1.165, 1.54) is 11.3 Å². The molecule has 0 heterocycles. The van der Waals surface area contributed by atoms with E-state index in [0.717, 1.165) is 26.2 Å². The van der Waals surface area contributed by atoms with Crippen LogP contribution in [0.4, 0.5) is 5.69 Å². The number of para-hydroxylation sites is 1. The first kappa shape index (κ1) is 16.0. The van der Waals surface area contributed by atoms with E-state index in [2.05, 4.69) is 62.2 Å². The Morgan fingerprint density at radius 1 is 1.16 bits per heavy atom. The molecule has 0 aromatic heterocycles. The Balaban J connectivity index is 2.73. The molecule has 0 atom stereocenters. The number of aliphatic hydroxyl groups is 1. The van der Waals surface area contributed by atoms with Crippen molar-refractivity contribution in [3.8, 4) is 0 Å². The predicted molar refractivity (Wildman–Crippen MR) is 82.4 cm³/mol. The van der Waals surface area contributed by atoms with Crippen molar-refractivity contribution in [1.29, 1.82) is 0 Å². The van der Waals surface area contributed by atoms with E-state index in [1.54, 1.807) is 0 Å². The number of anilines is 1. The summed E-state index contributed by atoms with van der Waals surface area (Å²) in [7, 11) is 0. The number of aliphatic hydroxyl groups excluding tert-OH is 1. The van der Waals surface area contributed by atoms with Crippen LogP contribution in [0.25, 0.3) is 0 Å². The average Bonchev–Trinajstić information content (AvgIpc) is 2.43. The summed E-state index contributed by atoms with van der Waals surface area (Å²) in [4.78, 5) is 2.40. The van der Waals surface area contributed by atoms with Gasteiger partial charge in [0.1, 0.15) is 0 Å². The van der Waals surface area contributed by atoms with Crippen molar-refractivity contribution in [3.63, 3.8) is 0 Å². The summed E-state index contributed by atoms with van der Waals surface area (Å²) < 4.78 is 0. The van der Waals surface area contributed by atoms with E-state index in [0.29, 0.717) is 0 Å². The minimum atomic E-state index is -0.0949. The van der Waals surface area contributed by atoms with Gasteiger partial charge in [-0.3, -0.25) is 4.90 Å². The normalized spacial score (nSPS) is 11.9. The van der Waals surface area contributed by atoms with Crippen molar-refractivity contribution < 1.29 is 5.11 Å². The van der Waals surface area contributed by atoms with Crippen molar-refractivity contribution in [3.05, 3.63) is 29.8 Å². The van der Waals surface area contributed by atoms with Gasteiger partial charge in [-0.2, -0.15) is 0 Å². The quantitative estimate of drug-likeness (QED) is 0.758. The minimum absolute atomic E-state index is 0.0949. The molecule has 108 valence electrons. The minimum Gasteiger partial charge on any atom is -0.396 e. The fourth-order valence-corrected chi connectivity index (χ4v) is 1.91. The number of rotatable bonds is 8. The second-order valence-electron chi connectivity index (χ2n) is 5.79. The van der Waals surface area contributed by atoms with E-state index in [-0.39, 0.29) is 12.0 Å². The highest BCUT2D eigenvalue weighted by Crippen LogP contribution is 2.20. The molecule has 2 N–H and O–H groups in total. The van der Waals surface area contributed by atoms with Crippen LogP contribution in [0.5, 0.6) is 0 Å². The average molecular weight is 264 g/mol. The maximum absolute atomic E-state index is 9.31. The van der Waals surface area contributed by atoms with Crippen LogP contribution < -0.4 is 5.32 Å². The summed E-state index contributed by atoms with van der Waals surface area (Å²) in [5.74, 6) is 0. The Morgan fingerprint density at radius 3 is 2.37 bits per heavy atom. The Kier molecular flexibility index (Phi) is 6.32. The van der Waals surface area contributed by atoms with Gasteiger partial charge in [-0.05, 0) is 24.7 Å². The van der Waals surface area contributed by atoms with Gasteiger partial charge in [-0.1, -0.05) is 45.9 Å². The Hall–Kier alpha value is -1.06. The van der Waals surface area contributed by atoms with E-state index in [9.17, 15) is 5.11 Å². The summed E-state index contributed by atoms with van der Waals surface area (Å²) in [6.45, 7) is 12.6. The van der Waals surface area contributed by atoms with Crippen LogP contribution in [0.3, 0.4) is 0 Å². The van der Waals surface area contributed by atoms with E-state index in [1.807, 2.05) is 0 Å². The van der Waals surface area contributed by atoms with Crippen LogP contribution in [0.1, 0.15) is 33.3 Å². The number of nitrogens with one attached hydrogen (secondary N) is 1. The molecule has 0 aliphatic heterocycles. The summed E-state index contributed by atoms with van der Waals surface area (Å²) in [5.41, 5.74) is 2.40. The molecule has 0 aliphatic rings. The van der Waals surface area contributed by atoms with Crippen LogP contribution in [-0.4, -0.2) is 36.2 Å². The molecule has 0 aliphatic carbocycles. The zero-order chi connectivity index (χ0) is 14.3. The molecular weight excluding hydrogens is 236 g/mol. The molecular formula is C16H28N2O. The Bertz CT molecular complexity index is 373. The van der Waals surface area contributed by atoms with Crippen molar-refractivity contribution in [2.45, 2.75) is 34.2 Å². The lowest BCUT2D eigenvalue weighted by atomic mass is 9.95. The SMILES string of the molecule is CCN(CC)Cc1ccccc1NCC(C)(C)CO. The van der Waals surface area contributed by atoms with Crippen molar-refractivity contribution >= 4 is 5.69 Å². The Morgan fingerprint density at radius 2 is 1.79 bits per heavy atom. The molecule has 3 heteroatoms. The highest BCUT2D eigenvalue weighted by atomic mass is 16.3. The van der Waals surface area contributed by atoms with Crippen LogP contribution in [0.2, 0.25) is 0 Å². The molecule has 1 aromatic rings. The first-order valence-corrected chi connectivity index (χ1v) is 7.17. The van der Waals surface area contributed by atoms with Crippen LogP contribution in [0, 0.1) is 5.41 Å². The molecule has 3 nitrogen and oxygen atoms in total. The maximum atomic E-state index is 9.31. The molecule has 0 amide bonds. The van der Waals surface area contributed by atoms with Gasteiger partial charge in [-0.15, -0.1) is 0 Å². The highest BCUT2D eigenvalue weighted by Gasteiger charge is 2.16. The number of hydrogen-bond acceptors (Lipinski definition) is 3. The predicted octanol–water partition coefficient (Wildman–Crippen LogP) is 2.96. The molecule has 0 spiro atoms. The van der Waals surface area contributed by atoms with Crippen molar-refractivity contribution in [2.24, 2.45) is 5.41 Å². The number of hydrogen-bond donors (Lipinski definition) is 2. The monoisotopic (exact) mass is 264 g/mol. The second kappa shape index (κ2) is 7.51. The van der Waals surface area contributed by atoms with Gasteiger partial charge in [0.25, 0.3) is 0 Å². The third-order valence-corrected chi connectivity index (χ3v) is 3.49. The summed E-state index contributed by atoms with van der Waals surface area (Å²) >= 11 is 0. The molecule has 0 radical (unpaired) electrons. The first-order chi connectivity index (χ1) is 9.02. The zero-order valence-electron chi connectivity index (χ0n) is 12.7. The van der Waals surface area contributed by atoms with Crippen molar-refractivity contribution in [1.82, 2.24) is 4.90 Å². The Labute approximate surface area is 117 Å². The fourth-order valence-electron chi connectivity index (χ4n) is 1.91. The molecule has 0 fully saturated rings. The van der Waals surface area contributed by atoms with Gasteiger partial charge < -0.3 is 10.4 Å². The second-order valence-corrected chi connectivity index (χ2v) is 5.79. The molecule has 0 bridgehead atoms. The molecule has 1 rings (SSSR count). The fraction of sp³-hybridized carbons (Fsp3) is 0.625. The topological polar surface area (TPSA) is 35.5 Å². The molecule has 1 aromatic carbocycles. The molecule has 0 saturated heterocycles. The van der Waals surface area contributed by atoms with E-state index < -0.39 is 0 Å². The van der Waals surface area contributed by atoms with Gasteiger partial charge in [0, 0.05) is 30.8 Å². The lowest BCUT2D eigenvalue weighted by Gasteiger charge is -2.25. The van der Waals surface area contributed by atoms with Crippen LogP contribution >= 0.6 is 0 Å². The summed E-state index contributed by atoms with van der Waals surface area (Å²) in [5, 5.41) is 12.8. The van der Waals surface area contributed by atoms with Gasteiger partial charge in [0.05, 0.1) is 0 Å². The number of nitrogens with zero attached hydrogens (tertiary/aromatic N) is 1. The van der Waals surface area contributed by atoms with Crippen LogP contribution in [-0.2, 0) is 6.54 Å². The van der Waals surface area contributed by atoms with Gasteiger partial charge in [-0.25, -0.2) is 0 Å². The van der Waals surface area contributed by atoms with Gasteiger partial charge in [0.2, 0.25) is 0 Å². The molecule has 19 heavy (non-hydrogen) atoms. The summed E-state index contributed by atoms with van der Waals surface area (Å²) in [6.07, 6.45) is 0. The standard InChI is InChI=1S/C16H28N2O/c1-5-18(6-2)11-14-9-7-8-10-15(14)17-12-16(3,4)13-19/h7-10,17,19H,5-6,11-13H2,1-4H3. The molecule has 0 unspecified atom stereocenters. The third kappa shape index (κ3) is 5.21. The summed E-state index contributed by atoms with van der Waals surface area (Å²) in [6, 6.07) is 8.43. The highest BCUT2D eigenvalue weighted by molar-refractivity contribution is 5.51. The lowest BCUT2D eigenvalue weighted by molar-refractivity contribution is 0.171. The maximum Gasteiger partial charge on any atom is 0.0498 e. The number of benzene rings is 1. The van der Waals surface area contributed by atoms with Gasteiger partial charge >= 0.3 is 0 Å². The first-order valence-electron chi connectivity index (χ1n) is 7.17. The third-order valence-electron chi connectivity index (χ3n) is 3.49. The zero-order valence-corrected chi connectivity index (χ0v) is 12.7. The van der Waals surface area contributed by atoms with Crippen molar-refractivity contribution in [2.75, 3.05) is 31.6 Å². The molecule has 0 saturated carbocycles. The van der Waals surface area contributed by atoms with Crippen LogP contribution in [0.15, 0.2) is 24.3 Å². The smallest absolute Gasteiger partial charge is 0.0498 e. The van der Waals surface area contributed by atoms with E-state index in [4.69, 9.17) is 0 Å². The van der Waals surface area contributed by atoms with E-state index >= 15 is 0 Å². The lowest BCUT2D eigenvalue weighted by Crippen LogP contribution is -2.28.